The second kappa shape index (κ2) is 8.91. The molecule has 2 aliphatic heterocycles. The SMILES string of the molecule is O=C(C[C@H]1C(=O)N(c2ccccc2)C(=S)N1Cc1ccc2c(c1)OCO2)Nc1ccccc1. The fourth-order valence-electron chi connectivity index (χ4n) is 3.97. The molecule has 1 N–H and O–H groups in total. The predicted molar refractivity (Wildman–Crippen MR) is 128 cm³/mol. The first-order chi connectivity index (χ1) is 16.1. The standard InChI is InChI=1S/C25H21N3O4S/c29-23(26-18-7-3-1-4-8-18)14-20-24(30)28(19-9-5-2-6-10-19)25(33)27(20)15-17-11-12-21-22(13-17)32-16-31-21/h1-13,20H,14-16H2,(H,26,29)/t20-/m0/s1. The van der Waals surface area contributed by atoms with Crippen LogP contribution >= 0.6 is 12.2 Å². The van der Waals surface area contributed by atoms with E-state index < -0.39 is 6.04 Å². The summed E-state index contributed by atoms with van der Waals surface area (Å²) >= 11 is 5.72. The normalized spacial score (nSPS) is 16.9. The molecule has 0 aliphatic carbocycles. The maximum atomic E-state index is 13.5. The fraction of sp³-hybridized carbons (Fsp3) is 0.160. The number of fused-ring (bicyclic) bond motifs is 1. The molecule has 3 aromatic carbocycles. The first-order valence-corrected chi connectivity index (χ1v) is 10.9. The maximum absolute atomic E-state index is 13.5. The zero-order chi connectivity index (χ0) is 22.8. The number of benzene rings is 3. The third-order valence-corrected chi connectivity index (χ3v) is 5.98. The van der Waals surface area contributed by atoms with Gasteiger partial charge in [-0.05, 0) is 54.2 Å². The number of anilines is 2. The van der Waals surface area contributed by atoms with Crippen molar-refractivity contribution in [2.45, 2.75) is 19.0 Å². The third kappa shape index (κ3) is 4.25. The van der Waals surface area contributed by atoms with Crippen LogP contribution in [0.4, 0.5) is 11.4 Å². The average molecular weight is 460 g/mol. The number of thiocarbonyl (C=S) groups is 1. The lowest BCUT2D eigenvalue weighted by atomic mass is 10.1. The van der Waals surface area contributed by atoms with Crippen molar-refractivity contribution in [3.8, 4) is 11.5 Å². The lowest BCUT2D eigenvalue weighted by molar-refractivity contribution is -0.124. The summed E-state index contributed by atoms with van der Waals surface area (Å²) in [6.07, 6.45) is -0.0260. The number of amides is 2. The van der Waals surface area contributed by atoms with Gasteiger partial charge in [-0.2, -0.15) is 0 Å². The van der Waals surface area contributed by atoms with Crippen molar-refractivity contribution in [3.05, 3.63) is 84.4 Å². The Morgan fingerprint density at radius 2 is 1.67 bits per heavy atom. The molecule has 5 rings (SSSR count). The average Bonchev–Trinajstić information content (AvgIpc) is 3.38. The second-order valence-corrected chi connectivity index (χ2v) is 8.11. The van der Waals surface area contributed by atoms with E-state index in [0.717, 1.165) is 5.56 Å². The molecule has 2 amide bonds. The first kappa shape index (κ1) is 21.0. The minimum absolute atomic E-state index is 0.0260. The van der Waals surface area contributed by atoms with Crippen LogP contribution in [0.25, 0.3) is 0 Å². The highest BCUT2D eigenvalue weighted by Gasteiger charge is 2.44. The van der Waals surface area contributed by atoms with Gasteiger partial charge in [0, 0.05) is 12.2 Å². The number of para-hydroxylation sites is 2. The van der Waals surface area contributed by atoms with E-state index in [1.54, 1.807) is 17.0 Å². The molecule has 0 aromatic heterocycles. The van der Waals surface area contributed by atoms with E-state index >= 15 is 0 Å². The lowest BCUT2D eigenvalue weighted by Crippen LogP contribution is -2.37. The fourth-order valence-corrected chi connectivity index (χ4v) is 4.36. The van der Waals surface area contributed by atoms with Crippen molar-refractivity contribution in [1.82, 2.24) is 4.90 Å². The summed E-state index contributed by atoms with van der Waals surface area (Å²) in [5.41, 5.74) is 2.25. The van der Waals surface area contributed by atoms with Crippen LogP contribution in [0.3, 0.4) is 0 Å². The summed E-state index contributed by atoms with van der Waals surface area (Å²) in [5.74, 6) is 0.855. The van der Waals surface area contributed by atoms with Gasteiger partial charge in [-0.15, -0.1) is 0 Å². The molecular weight excluding hydrogens is 438 g/mol. The highest BCUT2D eigenvalue weighted by atomic mass is 32.1. The Kier molecular flexibility index (Phi) is 5.66. The molecule has 1 fully saturated rings. The van der Waals surface area contributed by atoms with Gasteiger partial charge in [0.1, 0.15) is 6.04 Å². The van der Waals surface area contributed by atoms with Gasteiger partial charge >= 0.3 is 0 Å². The van der Waals surface area contributed by atoms with Crippen LogP contribution in [0.5, 0.6) is 11.5 Å². The molecule has 1 saturated heterocycles. The number of ether oxygens (including phenoxy) is 2. The number of hydrogen-bond donors (Lipinski definition) is 1. The van der Waals surface area contributed by atoms with Gasteiger partial charge in [0.05, 0.1) is 12.1 Å². The minimum atomic E-state index is -0.730. The van der Waals surface area contributed by atoms with Crippen LogP contribution in [0.15, 0.2) is 78.9 Å². The lowest BCUT2D eigenvalue weighted by Gasteiger charge is -2.24. The van der Waals surface area contributed by atoms with Crippen molar-refractivity contribution < 1.29 is 19.1 Å². The van der Waals surface area contributed by atoms with E-state index in [1.165, 1.54) is 4.90 Å². The number of hydrogen-bond acceptors (Lipinski definition) is 5. The number of nitrogens with zero attached hydrogens (tertiary/aromatic N) is 2. The highest BCUT2D eigenvalue weighted by Crippen LogP contribution is 2.34. The summed E-state index contributed by atoms with van der Waals surface area (Å²) in [4.78, 5) is 29.6. The van der Waals surface area contributed by atoms with Crippen LogP contribution in [0.1, 0.15) is 12.0 Å². The summed E-state index contributed by atoms with van der Waals surface area (Å²) in [6.45, 7) is 0.539. The molecule has 0 unspecified atom stereocenters. The van der Waals surface area contributed by atoms with Crippen LogP contribution < -0.4 is 19.7 Å². The van der Waals surface area contributed by atoms with Crippen LogP contribution in [0, 0.1) is 0 Å². The van der Waals surface area contributed by atoms with Crippen LogP contribution in [-0.4, -0.2) is 34.7 Å². The summed E-state index contributed by atoms with van der Waals surface area (Å²) in [6, 6.07) is 23.3. The predicted octanol–water partition coefficient (Wildman–Crippen LogP) is 3.95. The van der Waals surface area contributed by atoms with Crippen molar-refractivity contribution in [1.29, 1.82) is 0 Å². The van der Waals surface area contributed by atoms with Gasteiger partial charge in [0.25, 0.3) is 5.91 Å². The van der Waals surface area contributed by atoms with E-state index in [4.69, 9.17) is 21.7 Å². The maximum Gasteiger partial charge on any atom is 0.256 e. The summed E-state index contributed by atoms with van der Waals surface area (Å²) in [5, 5.41) is 3.22. The Morgan fingerprint density at radius 3 is 2.42 bits per heavy atom. The topological polar surface area (TPSA) is 71.1 Å². The zero-order valence-corrected chi connectivity index (χ0v) is 18.5. The van der Waals surface area contributed by atoms with Gasteiger partial charge in [-0.3, -0.25) is 14.5 Å². The molecule has 2 aliphatic rings. The highest BCUT2D eigenvalue weighted by molar-refractivity contribution is 7.80. The van der Waals surface area contributed by atoms with Crippen molar-refractivity contribution >= 4 is 40.5 Å². The molecule has 33 heavy (non-hydrogen) atoms. The molecule has 7 nitrogen and oxygen atoms in total. The third-order valence-electron chi connectivity index (χ3n) is 5.56. The van der Waals surface area contributed by atoms with Crippen molar-refractivity contribution in [2.75, 3.05) is 17.0 Å². The van der Waals surface area contributed by atoms with E-state index in [0.29, 0.717) is 34.5 Å². The zero-order valence-electron chi connectivity index (χ0n) is 17.6. The number of carbonyl (C=O) groups is 2. The van der Waals surface area contributed by atoms with Gasteiger partial charge in [-0.25, -0.2) is 0 Å². The number of rotatable bonds is 6. The van der Waals surface area contributed by atoms with E-state index in [1.807, 2.05) is 66.7 Å². The molecular formula is C25H21N3O4S. The quantitative estimate of drug-likeness (QED) is 0.563. The monoisotopic (exact) mass is 459 g/mol. The molecule has 8 heteroatoms. The Bertz CT molecular complexity index is 1200. The molecule has 0 radical (unpaired) electrons. The molecule has 3 aromatic rings. The minimum Gasteiger partial charge on any atom is -0.454 e. The largest absolute Gasteiger partial charge is 0.454 e. The van der Waals surface area contributed by atoms with E-state index in [2.05, 4.69) is 5.32 Å². The van der Waals surface area contributed by atoms with E-state index in [-0.39, 0.29) is 25.0 Å². The van der Waals surface area contributed by atoms with Crippen LogP contribution in [-0.2, 0) is 16.1 Å². The van der Waals surface area contributed by atoms with Gasteiger partial charge < -0.3 is 19.7 Å². The van der Waals surface area contributed by atoms with Gasteiger partial charge in [-0.1, -0.05) is 42.5 Å². The van der Waals surface area contributed by atoms with Crippen molar-refractivity contribution in [2.24, 2.45) is 0 Å². The molecule has 0 saturated carbocycles. The Labute approximate surface area is 196 Å². The van der Waals surface area contributed by atoms with Crippen LogP contribution in [0.2, 0.25) is 0 Å². The Morgan fingerprint density at radius 1 is 0.970 bits per heavy atom. The van der Waals surface area contributed by atoms with E-state index in [9.17, 15) is 9.59 Å². The van der Waals surface area contributed by atoms with Gasteiger partial charge in [0.2, 0.25) is 12.7 Å². The Hall–Kier alpha value is -3.91. The molecule has 166 valence electrons. The first-order valence-electron chi connectivity index (χ1n) is 10.5. The smallest absolute Gasteiger partial charge is 0.256 e. The molecule has 2 heterocycles. The number of nitrogens with one attached hydrogen (secondary N) is 1. The van der Waals surface area contributed by atoms with Gasteiger partial charge in [0.15, 0.2) is 16.6 Å². The second-order valence-electron chi connectivity index (χ2n) is 7.74. The molecule has 0 spiro atoms. The summed E-state index contributed by atoms with van der Waals surface area (Å²) < 4.78 is 10.9. The summed E-state index contributed by atoms with van der Waals surface area (Å²) in [7, 11) is 0. The van der Waals surface area contributed by atoms with Crippen molar-refractivity contribution in [3.63, 3.8) is 0 Å². The Balaban J connectivity index is 1.42. The molecule has 0 bridgehead atoms. The molecule has 1 atom stereocenters. The number of carbonyl (C=O) groups excluding carboxylic acids is 2.